The maximum atomic E-state index is 12.1. The highest BCUT2D eigenvalue weighted by atomic mass is 16.6. The second-order valence-electron chi connectivity index (χ2n) is 5.98. The number of ether oxygens (including phenoxy) is 1. The number of hydrazone groups is 1. The summed E-state index contributed by atoms with van der Waals surface area (Å²) in [5, 5.41) is 14.9. The van der Waals surface area contributed by atoms with Crippen LogP contribution in [0.3, 0.4) is 0 Å². The lowest BCUT2D eigenvalue weighted by atomic mass is 10.2. The van der Waals surface area contributed by atoms with Crippen LogP contribution in [0.1, 0.15) is 26.3 Å². The standard InChI is InChI=1S/C20H24N4O4/c1-4-23(5-2)17-12-10-16(11-13-17)14-21-22-20(25)15(3)28-19-9-7-6-8-18(19)24(26)27/h6-15H,4-5H2,1-3H3,(H,22,25). The fraction of sp³-hybridized carbons (Fsp3) is 0.300. The van der Waals surface area contributed by atoms with Crippen LogP contribution in [0.2, 0.25) is 0 Å². The third kappa shape index (κ3) is 5.54. The van der Waals surface area contributed by atoms with Crippen LogP contribution in [0.5, 0.6) is 5.75 Å². The molecule has 0 spiro atoms. The Balaban J connectivity index is 1.93. The first-order valence-electron chi connectivity index (χ1n) is 9.04. The van der Waals surface area contributed by atoms with Gasteiger partial charge in [-0.2, -0.15) is 5.10 Å². The van der Waals surface area contributed by atoms with E-state index in [1.54, 1.807) is 6.07 Å². The molecule has 0 saturated heterocycles. The van der Waals surface area contributed by atoms with Crippen LogP contribution in [0.25, 0.3) is 0 Å². The average Bonchev–Trinajstić information content (AvgIpc) is 2.70. The Morgan fingerprint density at radius 2 is 1.86 bits per heavy atom. The average molecular weight is 384 g/mol. The number of rotatable bonds is 9. The van der Waals surface area contributed by atoms with Crippen LogP contribution >= 0.6 is 0 Å². The largest absolute Gasteiger partial charge is 0.474 e. The smallest absolute Gasteiger partial charge is 0.310 e. The van der Waals surface area contributed by atoms with Gasteiger partial charge >= 0.3 is 5.69 Å². The summed E-state index contributed by atoms with van der Waals surface area (Å²) in [4.78, 5) is 24.8. The van der Waals surface area contributed by atoms with Gasteiger partial charge in [-0.1, -0.05) is 24.3 Å². The number of nitro groups is 1. The predicted octanol–water partition coefficient (Wildman–Crippen LogP) is 3.36. The molecular formula is C20H24N4O4. The van der Waals surface area contributed by atoms with Crippen molar-refractivity contribution in [2.45, 2.75) is 26.9 Å². The van der Waals surface area contributed by atoms with E-state index in [1.165, 1.54) is 31.3 Å². The Labute approximate surface area is 164 Å². The summed E-state index contributed by atoms with van der Waals surface area (Å²) >= 11 is 0. The van der Waals surface area contributed by atoms with E-state index in [4.69, 9.17) is 4.74 Å². The predicted molar refractivity (Wildman–Crippen MR) is 109 cm³/mol. The molecule has 8 nitrogen and oxygen atoms in total. The summed E-state index contributed by atoms with van der Waals surface area (Å²) in [6.07, 6.45) is 0.588. The molecule has 0 heterocycles. The highest BCUT2D eigenvalue weighted by Gasteiger charge is 2.20. The van der Waals surface area contributed by atoms with Crippen molar-refractivity contribution in [3.8, 4) is 5.75 Å². The molecule has 0 radical (unpaired) electrons. The molecule has 148 valence electrons. The second-order valence-corrected chi connectivity index (χ2v) is 5.98. The summed E-state index contributed by atoms with van der Waals surface area (Å²) in [5.74, 6) is -0.472. The summed E-state index contributed by atoms with van der Waals surface area (Å²) in [5.41, 5.74) is 4.15. The van der Waals surface area contributed by atoms with Crippen LogP contribution in [0.15, 0.2) is 53.6 Å². The molecule has 1 atom stereocenters. The lowest BCUT2D eigenvalue weighted by molar-refractivity contribution is -0.386. The van der Waals surface area contributed by atoms with E-state index in [1.807, 2.05) is 24.3 Å². The third-order valence-electron chi connectivity index (χ3n) is 4.14. The van der Waals surface area contributed by atoms with Crippen LogP contribution in [0.4, 0.5) is 11.4 Å². The summed E-state index contributed by atoms with van der Waals surface area (Å²) in [6, 6.07) is 13.7. The van der Waals surface area contributed by atoms with Crippen LogP contribution in [-0.4, -0.2) is 36.2 Å². The number of amides is 1. The molecule has 2 aromatic rings. The molecule has 0 aliphatic carbocycles. The van der Waals surface area contributed by atoms with E-state index >= 15 is 0 Å². The Morgan fingerprint density at radius 3 is 2.46 bits per heavy atom. The van der Waals surface area contributed by atoms with Crippen molar-refractivity contribution in [1.82, 2.24) is 5.43 Å². The topological polar surface area (TPSA) is 97.1 Å². The quantitative estimate of drug-likeness (QED) is 0.406. The number of nitrogens with one attached hydrogen (secondary N) is 1. The first kappa shape index (κ1) is 20.9. The lowest BCUT2D eigenvalue weighted by Gasteiger charge is -2.20. The van der Waals surface area contributed by atoms with Crippen LogP contribution in [-0.2, 0) is 4.79 Å². The van der Waals surface area contributed by atoms with Crippen molar-refractivity contribution in [1.29, 1.82) is 0 Å². The zero-order valence-corrected chi connectivity index (χ0v) is 16.2. The summed E-state index contributed by atoms with van der Waals surface area (Å²) < 4.78 is 5.40. The zero-order chi connectivity index (χ0) is 20.5. The Kier molecular flexibility index (Phi) is 7.50. The highest BCUT2D eigenvalue weighted by molar-refractivity contribution is 5.84. The van der Waals surface area contributed by atoms with E-state index in [0.717, 1.165) is 24.3 Å². The van der Waals surface area contributed by atoms with Gasteiger partial charge in [0.1, 0.15) is 0 Å². The van der Waals surface area contributed by atoms with Gasteiger partial charge in [0.15, 0.2) is 11.9 Å². The van der Waals surface area contributed by atoms with Gasteiger partial charge in [-0.15, -0.1) is 0 Å². The van der Waals surface area contributed by atoms with Gasteiger partial charge in [-0.3, -0.25) is 14.9 Å². The first-order valence-corrected chi connectivity index (χ1v) is 9.04. The summed E-state index contributed by atoms with van der Waals surface area (Å²) in [7, 11) is 0. The lowest BCUT2D eigenvalue weighted by Crippen LogP contribution is -2.33. The molecule has 28 heavy (non-hydrogen) atoms. The van der Waals surface area contributed by atoms with Gasteiger partial charge in [0.25, 0.3) is 5.91 Å². The minimum absolute atomic E-state index is 0.0334. The summed E-state index contributed by atoms with van der Waals surface area (Å²) in [6.45, 7) is 7.55. The monoisotopic (exact) mass is 384 g/mol. The van der Waals surface area contributed by atoms with Crippen LogP contribution < -0.4 is 15.1 Å². The van der Waals surface area contributed by atoms with Gasteiger partial charge in [0, 0.05) is 24.8 Å². The second kappa shape index (κ2) is 10.1. The normalized spacial score (nSPS) is 11.8. The van der Waals surface area contributed by atoms with Crippen molar-refractivity contribution >= 4 is 23.5 Å². The minimum atomic E-state index is -0.941. The number of carbonyl (C=O) groups excluding carboxylic acids is 1. The molecule has 0 saturated carbocycles. The SMILES string of the molecule is CCN(CC)c1ccc(C=NNC(=O)C(C)Oc2ccccc2[N+](=O)[O-])cc1. The number of nitrogens with zero attached hydrogens (tertiary/aromatic N) is 3. The molecule has 1 amide bonds. The fourth-order valence-electron chi connectivity index (χ4n) is 2.57. The number of hydrogen-bond acceptors (Lipinski definition) is 6. The van der Waals surface area contributed by atoms with Gasteiger partial charge in [-0.25, -0.2) is 5.43 Å². The highest BCUT2D eigenvalue weighted by Crippen LogP contribution is 2.26. The maximum absolute atomic E-state index is 12.1. The van der Waals surface area contributed by atoms with Crippen LogP contribution in [0, 0.1) is 10.1 Å². The van der Waals surface area contributed by atoms with Crippen molar-refractivity contribution < 1.29 is 14.5 Å². The fourth-order valence-corrected chi connectivity index (χ4v) is 2.57. The molecular weight excluding hydrogens is 360 g/mol. The van der Waals surface area contributed by atoms with E-state index in [9.17, 15) is 14.9 Å². The van der Waals surface area contributed by atoms with Crippen molar-refractivity contribution in [2.75, 3.05) is 18.0 Å². The molecule has 2 aromatic carbocycles. The number of benzene rings is 2. The van der Waals surface area contributed by atoms with Crippen molar-refractivity contribution in [3.63, 3.8) is 0 Å². The zero-order valence-electron chi connectivity index (χ0n) is 16.2. The maximum Gasteiger partial charge on any atom is 0.310 e. The molecule has 0 aliphatic heterocycles. The first-order chi connectivity index (χ1) is 13.5. The molecule has 1 unspecified atom stereocenters. The number of para-hydroxylation sites is 2. The number of hydrogen-bond donors (Lipinski definition) is 1. The Morgan fingerprint density at radius 1 is 1.21 bits per heavy atom. The van der Waals surface area contributed by atoms with Gasteiger partial charge in [-0.05, 0) is 44.5 Å². The Bertz CT molecular complexity index is 832. The van der Waals surface area contributed by atoms with E-state index in [0.29, 0.717) is 0 Å². The molecule has 8 heteroatoms. The van der Waals surface area contributed by atoms with Crippen molar-refractivity contribution in [3.05, 3.63) is 64.2 Å². The molecule has 0 bridgehead atoms. The molecule has 0 aliphatic rings. The number of anilines is 1. The van der Waals surface area contributed by atoms with Gasteiger partial charge < -0.3 is 9.64 Å². The van der Waals surface area contributed by atoms with Crippen molar-refractivity contribution in [2.24, 2.45) is 5.10 Å². The van der Waals surface area contributed by atoms with E-state index in [-0.39, 0.29) is 11.4 Å². The Hall–Kier alpha value is -3.42. The molecule has 2 rings (SSSR count). The number of nitro benzene ring substituents is 1. The van der Waals surface area contributed by atoms with Gasteiger partial charge in [0.2, 0.25) is 0 Å². The van der Waals surface area contributed by atoms with E-state index in [2.05, 4.69) is 29.3 Å². The minimum Gasteiger partial charge on any atom is -0.474 e. The molecule has 1 N–H and O–H groups in total. The third-order valence-corrected chi connectivity index (χ3v) is 4.14. The molecule has 0 aromatic heterocycles. The number of carbonyl (C=O) groups is 1. The van der Waals surface area contributed by atoms with Gasteiger partial charge in [0.05, 0.1) is 11.1 Å². The molecule has 0 fully saturated rings. The van der Waals surface area contributed by atoms with E-state index < -0.39 is 16.9 Å².